The highest BCUT2D eigenvalue weighted by Gasteiger charge is 2.12. The van der Waals surface area contributed by atoms with Crippen molar-refractivity contribution in [3.8, 4) is 34.2 Å². The Morgan fingerprint density at radius 1 is 0.400 bits per heavy atom. The first kappa shape index (κ1) is 20.0. The Morgan fingerprint density at radius 3 is 0.833 bits per heavy atom. The summed E-state index contributed by atoms with van der Waals surface area (Å²) in [5, 5.41) is 0. The summed E-state index contributed by atoms with van der Waals surface area (Å²) in [6, 6.07) is 25.5. The Hall–Kier alpha value is -3.33. The molecule has 3 nitrogen and oxygen atoms in total. The fourth-order valence-corrected chi connectivity index (χ4v) is 3.43. The summed E-state index contributed by atoms with van der Waals surface area (Å²) in [7, 11) is 0. The topological polar surface area (TPSA) is 38.7 Å². The minimum absolute atomic E-state index is 0.705. The van der Waals surface area contributed by atoms with Gasteiger partial charge in [-0.3, -0.25) is 0 Å². The lowest BCUT2D eigenvalue weighted by Crippen LogP contribution is -2.00. The number of hydrogen-bond donors (Lipinski definition) is 0. The molecule has 3 heteroatoms. The van der Waals surface area contributed by atoms with Crippen LogP contribution in [0.3, 0.4) is 0 Å². The van der Waals surface area contributed by atoms with E-state index in [9.17, 15) is 0 Å². The van der Waals surface area contributed by atoms with Crippen molar-refractivity contribution in [3.63, 3.8) is 0 Å². The van der Waals surface area contributed by atoms with Gasteiger partial charge in [-0.2, -0.15) is 0 Å². The molecule has 1 heterocycles. The monoisotopic (exact) mass is 393 g/mol. The quantitative estimate of drug-likeness (QED) is 0.372. The zero-order valence-electron chi connectivity index (χ0n) is 17.9. The SMILES string of the molecule is CCc1ccc(-c2nc(-c3ccc(CC)cc3)nc(-c3ccc(CC)cc3)n2)cc1. The van der Waals surface area contributed by atoms with Gasteiger partial charge in [0.2, 0.25) is 0 Å². The van der Waals surface area contributed by atoms with E-state index in [2.05, 4.69) is 93.6 Å². The first-order valence-electron chi connectivity index (χ1n) is 10.7. The van der Waals surface area contributed by atoms with Crippen LogP contribution in [-0.2, 0) is 19.3 Å². The van der Waals surface area contributed by atoms with Crippen molar-refractivity contribution in [1.29, 1.82) is 0 Å². The van der Waals surface area contributed by atoms with Crippen LogP contribution < -0.4 is 0 Å². The predicted octanol–water partition coefficient (Wildman–Crippen LogP) is 6.56. The highest BCUT2D eigenvalue weighted by Crippen LogP contribution is 2.25. The van der Waals surface area contributed by atoms with E-state index in [1.807, 2.05) is 0 Å². The van der Waals surface area contributed by atoms with Gasteiger partial charge in [0, 0.05) is 16.7 Å². The summed E-state index contributed by atoms with van der Waals surface area (Å²) < 4.78 is 0. The third-order valence-corrected chi connectivity index (χ3v) is 5.50. The van der Waals surface area contributed by atoms with Crippen molar-refractivity contribution in [2.24, 2.45) is 0 Å². The van der Waals surface area contributed by atoms with E-state index in [0.29, 0.717) is 17.5 Å². The molecule has 4 aromatic rings. The van der Waals surface area contributed by atoms with Gasteiger partial charge in [-0.1, -0.05) is 93.6 Å². The number of hydrogen-bond acceptors (Lipinski definition) is 3. The molecule has 0 saturated heterocycles. The number of rotatable bonds is 6. The molecule has 1 aromatic heterocycles. The first-order valence-corrected chi connectivity index (χ1v) is 10.7. The van der Waals surface area contributed by atoms with Gasteiger partial charge in [0.25, 0.3) is 0 Å². The van der Waals surface area contributed by atoms with Gasteiger partial charge in [-0.05, 0) is 36.0 Å². The summed E-state index contributed by atoms with van der Waals surface area (Å²) >= 11 is 0. The van der Waals surface area contributed by atoms with Gasteiger partial charge in [0.1, 0.15) is 0 Å². The van der Waals surface area contributed by atoms with E-state index in [1.54, 1.807) is 0 Å². The Labute approximate surface area is 178 Å². The third kappa shape index (κ3) is 4.30. The predicted molar refractivity (Wildman–Crippen MR) is 124 cm³/mol. The second kappa shape index (κ2) is 9.00. The van der Waals surface area contributed by atoms with Gasteiger partial charge in [-0.25, -0.2) is 15.0 Å². The molecule has 0 radical (unpaired) electrons. The van der Waals surface area contributed by atoms with E-state index >= 15 is 0 Å². The molecule has 0 aliphatic heterocycles. The Morgan fingerprint density at radius 2 is 0.633 bits per heavy atom. The van der Waals surface area contributed by atoms with Crippen molar-refractivity contribution < 1.29 is 0 Å². The highest BCUT2D eigenvalue weighted by atomic mass is 15.0. The Bertz CT molecular complexity index is 954. The van der Waals surface area contributed by atoms with Crippen LogP contribution in [0.4, 0.5) is 0 Å². The minimum Gasteiger partial charge on any atom is -0.208 e. The first-order chi connectivity index (χ1) is 14.7. The van der Waals surface area contributed by atoms with E-state index in [4.69, 9.17) is 15.0 Å². The molecule has 0 amide bonds. The van der Waals surface area contributed by atoms with Crippen LogP contribution in [-0.4, -0.2) is 15.0 Å². The van der Waals surface area contributed by atoms with E-state index in [-0.39, 0.29) is 0 Å². The molecule has 4 rings (SSSR count). The molecular formula is C27H27N3. The van der Waals surface area contributed by atoms with Gasteiger partial charge in [0.15, 0.2) is 17.5 Å². The Kier molecular flexibility index (Phi) is 5.99. The molecule has 0 saturated carbocycles. The zero-order chi connectivity index (χ0) is 20.9. The van der Waals surface area contributed by atoms with Gasteiger partial charge < -0.3 is 0 Å². The molecule has 0 aliphatic carbocycles. The molecule has 0 fully saturated rings. The molecule has 3 aromatic carbocycles. The number of nitrogens with zero attached hydrogens (tertiary/aromatic N) is 3. The average Bonchev–Trinajstić information content (AvgIpc) is 2.84. The number of aryl methyl sites for hydroxylation is 3. The van der Waals surface area contributed by atoms with Crippen molar-refractivity contribution >= 4 is 0 Å². The largest absolute Gasteiger partial charge is 0.208 e. The molecule has 0 unspecified atom stereocenters. The van der Waals surface area contributed by atoms with Crippen molar-refractivity contribution in [3.05, 3.63) is 89.5 Å². The summed E-state index contributed by atoms with van der Waals surface area (Å²) in [4.78, 5) is 14.5. The lowest BCUT2D eigenvalue weighted by Gasteiger charge is -2.09. The van der Waals surface area contributed by atoms with Gasteiger partial charge in [0.05, 0.1) is 0 Å². The number of benzene rings is 3. The third-order valence-electron chi connectivity index (χ3n) is 5.50. The second-order valence-electron chi connectivity index (χ2n) is 7.46. The maximum atomic E-state index is 4.82. The highest BCUT2D eigenvalue weighted by molar-refractivity contribution is 5.66. The lowest BCUT2D eigenvalue weighted by molar-refractivity contribution is 1.07. The summed E-state index contributed by atoms with van der Waals surface area (Å²) in [5.41, 5.74) is 6.93. The molecule has 0 spiro atoms. The zero-order valence-corrected chi connectivity index (χ0v) is 17.9. The van der Waals surface area contributed by atoms with Crippen LogP contribution in [0.2, 0.25) is 0 Å². The summed E-state index contributed by atoms with van der Waals surface area (Å²) in [6.45, 7) is 6.48. The van der Waals surface area contributed by atoms with Crippen LogP contribution in [0, 0.1) is 0 Å². The normalized spacial score (nSPS) is 10.9. The van der Waals surface area contributed by atoms with Crippen LogP contribution in [0.15, 0.2) is 72.8 Å². The average molecular weight is 394 g/mol. The van der Waals surface area contributed by atoms with Crippen LogP contribution in [0.5, 0.6) is 0 Å². The fourth-order valence-electron chi connectivity index (χ4n) is 3.43. The van der Waals surface area contributed by atoms with E-state index < -0.39 is 0 Å². The molecule has 0 atom stereocenters. The van der Waals surface area contributed by atoms with Gasteiger partial charge >= 0.3 is 0 Å². The number of aromatic nitrogens is 3. The van der Waals surface area contributed by atoms with Crippen molar-refractivity contribution in [1.82, 2.24) is 15.0 Å². The summed E-state index contributed by atoms with van der Waals surface area (Å²) in [6.07, 6.45) is 3.05. The molecule has 150 valence electrons. The second-order valence-corrected chi connectivity index (χ2v) is 7.46. The minimum atomic E-state index is 0.705. The van der Waals surface area contributed by atoms with Crippen LogP contribution in [0.25, 0.3) is 34.2 Å². The van der Waals surface area contributed by atoms with Crippen LogP contribution >= 0.6 is 0 Å². The molecule has 0 bridgehead atoms. The fraction of sp³-hybridized carbons (Fsp3) is 0.222. The molecule has 0 aliphatic rings. The Balaban J connectivity index is 1.83. The molecule has 0 N–H and O–H groups in total. The smallest absolute Gasteiger partial charge is 0.164 e. The van der Waals surface area contributed by atoms with Crippen LogP contribution in [0.1, 0.15) is 37.5 Å². The summed E-state index contributed by atoms with van der Waals surface area (Å²) in [5.74, 6) is 2.12. The van der Waals surface area contributed by atoms with Crippen molar-refractivity contribution in [2.45, 2.75) is 40.0 Å². The van der Waals surface area contributed by atoms with E-state index in [1.165, 1.54) is 16.7 Å². The van der Waals surface area contributed by atoms with Crippen molar-refractivity contribution in [2.75, 3.05) is 0 Å². The van der Waals surface area contributed by atoms with E-state index in [0.717, 1.165) is 36.0 Å². The van der Waals surface area contributed by atoms with Gasteiger partial charge in [-0.15, -0.1) is 0 Å². The lowest BCUT2D eigenvalue weighted by atomic mass is 10.1. The maximum absolute atomic E-state index is 4.82. The molecule has 30 heavy (non-hydrogen) atoms. The standard InChI is InChI=1S/C27H27N3/c1-4-19-7-13-22(14-8-19)25-28-26(23-15-9-20(5-2)10-16-23)30-27(29-25)24-17-11-21(6-3)12-18-24/h7-18H,4-6H2,1-3H3. The maximum Gasteiger partial charge on any atom is 0.164 e. The molecular weight excluding hydrogens is 366 g/mol.